The van der Waals surface area contributed by atoms with Crippen molar-refractivity contribution in [1.82, 2.24) is 15.5 Å². The van der Waals surface area contributed by atoms with Gasteiger partial charge < -0.3 is 10.6 Å². The highest BCUT2D eigenvalue weighted by Crippen LogP contribution is 2.14. The van der Waals surface area contributed by atoms with E-state index < -0.39 is 0 Å². The minimum atomic E-state index is 0.189. The van der Waals surface area contributed by atoms with Crippen LogP contribution in [0, 0.1) is 5.92 Å². The molecule has 4 heteroatoms. The van der Waals surface area contributed by atoms with Crippen molar-refractivity contribution in [3.8, 4) is 0 Å². The van der Waals surface area contributed by atoms with Gasteiger partial charge in [0.2, 0.25) is 5.91 Å². The van der Waals surface area contributed by atoms with Gasteiger partial charge in [-0.1, -0.05) is 26.2 Å². The molecule has 0 bridgehead atoms. The van der Waals surface area contributed by atoms with Gasteiger partial charge in [-0.3, -0.25) is 9.69 Å². The van der Waals surface area contributed by atoms with Crippen LogP contribution in [0.2, 0.25) is 0 Å². The number of carbonyl (C=O) groups is 1. The highest BCUT2D eigenvalue weighted by Gasteiger charge is 2.23. The fourth-order valence-electron chi connectivity index (χ4n) is 2.81. The van der Waals surface area contributed by atoms with Crippen molar-refractivity contribution in [3.05, 3.63) is 0 Å². The number of nitrogens with zero attached hydrogens (tertiary/aromatic N) is 1. The Bertz CT molecular complexity index is 258. The first-order valence-electron chi connectivity index (χ1n) is 7.82. The molecule has 1 amide bonds. The van der Waals surface area contributed by atoms with Gasteiger partial charge in [0, 0.05) is 12.6 Å². The van der Waals surface area contributed by atoms with Crippen molar-refractivity contribution in [3.63, 3.8) is 0 Å². The molecule has 2 N–H and O–H groups in total. The molecule has 1 fully saturated rings. The van der Waals surface area contributed by atoms with Gasteiger partial charge in [-0.15, -0.1) is 0 Å². The van der Waals surface area contributed by atoms with Crippen LogP contribution in [-0.2, 0) is 4.79 Å². The van der Waals surface area contributed by atoms with E-state index in [-0.39, 0.29) is 5.91 Å². The second-order valence-electron chi connectivity index (χ2n) is 5.91. The summed E-state index contributed by atoms with van der Waals surface area (Å²) in [6.45, 7) is 8.06. The predicted octanol–water partition coefficient (Wildman–Crippen LogP) is 1.61. The van der Waals surface area contributed by atoms with E-state index in [0.717, 1.165) is 26.1 Å². The zero-order valence-electron chi connectivity index (χ0n) is 12.9. The Morgan fingerprint density at radius 2 is 2.21 bits per heavy atom. The number of likely N-dealkylation sites (tertiary alicyclic amines) is 1. The molecule has 0 aliphatic carbocycles. The molecule has 0 spiro atoms. The molecule has 1 heterocycles. The van der Waals surface area contributed by atoms with Crippen molar-refractivity contribution >= 4 is 5.91 Å². The zero-order chi connectivity index (χ0) is 14.1. The molecule has 19 heavy (non-hydrogen) atoms. The van der Waals surface area contributed by atoms with Crippen LogP contribution >= 0.6 is 0 Å². The molecule has 112 valence electrons. The highest BCUT2D eigenvalue weighted by atomic mass is 16.2. The predicted molar refractivity (Wildman–Crippen MR) is 80.2 cm³/mol. The van der Waals surface area contributed by atoms with Crippen LogP contribution in [0.3, 0.4) is 0 Å². The fourth-order valence-corrected chi connectivity index (χ4v) is 2.81. The Kier molecular flexibility index (Phi) is 8.07. The summed E-state index contributed by atoms with van der Waals surface area (Å²) in [7, 11) is 1.99. The third-order valence-electron chi connectivity index (χ3n) is 3.88. The lowest BCUT2D eigenvalue weighted by molar-refractivity contribution is -0.122. The third-order valence-corrected chi connectivity index (χ3v) is 3.88. The van der Waals surface area contributed by atoms with Crippen molar-refractivity contribution in [2.75, 3.05) is 33.2 Å². The molecule has 2 unspecified atom stereocenters. The van der Waals surface area contributed by atoms with Gasteiger partial charge >= 0.3 is 0 Å². The van der Waals surface area contributed by atoms with E-state index >= 15 is 0 Å². The largest absolute Gasteiger partial charge is 0.353 e. The standard InChI is InChI=1S/C15H31N3O/c1-4-5-6-7-13(2)17-15(19)12-18-9-8-14(11-18)10-16-3/h13-14,16H,4-12H2,1-3H3,(H,17,19). The summed E-state index contributed by atoms with van der Waals surface area (Å²) in [6, 6.07) is 0.315. The van der Waals surface area contributed by atoms with Gasteiger partial charge in [0.15, 0.2) is 0 Å². The molecule has 1 rings (SSSR count). The average molecular weight is 269 g/mol. The lowest BCUT2D eigenvalue weighted by Gasteiger charge is -2.18. The summed E-state index contributed by atoms with van der Waals surface area (Å²) < 4.78 is 0. The Balaban J connectivity index is 2.13. The SMILES string of the molecule is CCCCCC(C)NC(=O)CN1CCC(CNC)C1. The molecule has 0 saturated carbocycles. The number of nitrogens with one attached hydrogen (secondary N) is 2. The maximum Gasteiger partial charge on any atom is 0.234 e. The fraction of sp³-hybridized carbons (Fsp3) is 0.933. The number of rotatable bonds is 9. The smallest absolute Gasteiger partial charge is 0.234 e. The number of amides is 1. The number of hydrogen-bond donors (Lipinski definition) is 2. The highest BCUT2D eigenvalue weighted by molar-refractivity contribution is 5.78. The molecule has 1 aliphatic heterocycles. The maximum atomic E-state index is 11.9. The lowest BCUT2D eigenvalue weighted by atomic mass is 10.1. The Morgan fingerprint density at radius 1 is 1.42 bits per heavy atom. The minimum absolute atomic E-state index is 0.189. The van der Waals surface area contributed by atoms with Crippen molar-refractivity contribution < 1.29 is 4.79 Å². The maximum absolute atomic E-state index is 11.9. The van der Waals surface area contributed by atoms with E-state index in [9.17, 15) is 4.79 Å². The van der Waals surface area contributed by atoms with Gasteiger partial charge in [-0.2, -0.15) is 0 Å². The molecular formula is C15H31N3O. The average Bonchev–Trinajstić information content (AvgIpc) is 2.77. The van der Waals surface area contributed by atoms with E-state index in [1.807, 2.05) is 7.05 Å². The second kappa shape index (κ2) is 9.32. The second-order valence-corrected chi connectivity index (χ2v) is 5.91. The molecule has 1 aliphatic rings. The Labute approximate surface area is 118 Å². The summed E-state index contributed by atoms with van der Waals surface area (Å²) in [4.78, 5) is 14.2. The van der Waals surface area contributed by atoms with Crippen molar-refractivity contribution in [1.29, 1.82) is 0 Å². The summed E-state index contributed by atoms with van der Waals surface area (Å²) >= 11 is 0. The van der Waals surface area contributed by atoms with Crippen LogP contribution in [0.4, 0.5) is 0 Å². The van der Waals surface area contributed by atoms with Gasteiger partial charge in [-0.05, 0) is 45.8 Å². The molecule has 1 saturated heterocycles. The van der Waals surface area contributed by atoms with Gasteiger partial charge in [0.05, 0.1) is 6.54 Å². The molecular weight excluding hydrogens is 238 g/mol. The van der Waals surface area contributed by atoms with Crippen LogP contribution in [0.15, 0.2) is 0 Å². The quantitative estimate of drug-likeness (QED) is 0.625. The van der Waals surface area contributed by atoms with E-state index in [2.05, 4.69) is 29.4 Å². The normalized spacial score (nSPS) is 21.5. The van der Waals surface area contributed by atoms with Crippen molar-refractivity contribution in [2.45, 2.75) is 52.0 Å². The third kappa shape index (κ3) is 6.92. The van der Waals surface area contributed by atoms with Crippen LogP contribution in [0.25, 0.3) is 0 Å². The van der Waals surface area contributed by atoms with Crippen LogP contribution in [-0.4, -0.2) is 50.1 Å². The number of unbranched alkanes of at least 4 members (excludes halogenated alkanes) is 2. The monoisotopic (exact) mass is 269 g/mol. The summed E-state index contributed by atoms with van der Waals surface area (Å²) in [5.74, 6) is 0.897. The molecule has 4 nitrogen and oxygen atoms in total. The molecule has 0 aromatic rings. The summed E-state index contributed by atoms with van der Waals surface area (Å²) in [6.07, 6.45) is 6.02. The van der Waals surface area contributed by atoms with E-state index in [1.54, 1.807) is 0 Å². The topological polar surface area (TPSA) is 44.4 Å². The first kappa shape index (κ1) is 16.4. The molecule has 2 atom stereocenters. The zero-order valence-corrected chi connectivity index (χ0v) is 12.9. The van der Waals surface area contributed by atoms with Gasteiger partial charge in [0.25, 0.3) is 0 Å². The van der Waals surface area contributed by atoms with E-state index in [1.165, 1.54) is 25.7 Å². The summed E-state index contributed by atoms with van der Waals surface area (Å²) in [5.41, 5.74) is 0. The van der Waals surface area contributed by atoms with Crippen LogP contribution in [0.1, 0.15) is 46.0 Å². The molecule has 0 aromatic carbocycles. The van der Waals surface area contributed by atoms with Crippen molar-refractivity contribution in [2.24, 2.45) is 5.92 Å². The number of carbonyl (C=O) groups excluding carboxylic acids is 1. The molecule has 0 radical (unpaired) electrons. The van der Waals surface area contributed by atoms with Gasteiger partial charge in [0.1, 0.15) is 0 Å². The van der Waals surface area contributed by atoms with E-state index in [4.69, 9.17) is 0 Å². The lowest BCUT2D eigenvalue weighted by Crippen LogP contribution is -2.40. The minimum Gasteiger partial charge on any atom is -0.353 e. The van der Waals surface area contributed by atoms with Crippen LogP contribution < -0.4 is 10.6 Å². The van der Waals surface area contributed by atoms with Crippen LogP contribution in [0.5, 0.6) is 0 Å². The van der Waals surface area contributed by atoms with E-state index in [0.29, 0.717) is 18.5 Å². The Morgan fingerprint density at radius 3 is 2.89 bits per heavy atom. The first-order valence-corrected chi connectivity index (χ1v) is 7.82. The number of hydrogen-bond acceptors (Lipinski definition) is 3. The molecule has 0 aromatic heterocycles. The Hall–Kier alpha value is -0.610. The first-order chi connectivity index (χ1) is 9.15. The van der Waals surface area contributed by atoms with Gasteiger partial charge in [-0.25, -0.2) is 0 Å². The summed E-state index contributed by atoms with van der Waals surface area (Å²) in [5, 5.41) is 6.33.